The third kappa shape index (κ3) is 4.19. The Labute approximate surface area is 189 Å². The van der Waals surface area contributed by atoms with E-state index < -0.39 is 5.69 Å². The van der Waals surface area contributed by atoms with Crippen molar-refractivity contribution in [2.45, 2.75) is 39.0 Å². The molecule has 1 saturated heterocycles. The van der Waals surface area contributed by atoms with Crippen LogP contribution in [0.1, 0.15) is 25.7 Å². The fourth-order valence-corrected chi connectivity index (χ4v) is 4.12. The number of hydrogen-bond acceptors (Lipinski definition) is 7. The number of ether oxygens (including phenoxy) is 2. The van der Waals surface area contributed by atoms with Gasteiger partial charge >= 0.3 is 5.69 Å². The van der Waals surface area contributed by atoms with Gasteiger partial charge in [0.15, 0.2) is 0 Å². The first-order chi connectivity index (χ1) is 16.1. The Morgan fingerprint density at radius 2 is 1.91 bits per heavy atom. The predicted octanol–water partition coefficient (Wildman–Crippen LogP) is 2.84. The van der Waals surface area contributed by atoms with Crippen LogP contribution in [-0.2, 0) is 17.8 Å². The summed E-state index contributed by atoms with van der Waals surface area (Å²) in [6.07, 6.45) is 1.62. The summed E-state index contributed by atoms with van der Waals surface area (Å²) in [5.74, 6) is 1.45. The summed E-state index contributed by atoms with van der Waals surface area (Å²) in [4.78, 5) is 30.8. The highest BCUT2D eigenvalue weighted by atomic mass is 16.5. The third-order valence-corrected chi connectivity index (χ3v) is 5.73. The smallest absolute Gasteiger partial charge is 0.332 e. The van der Waals surface area contributed by atoms with E-state index in [0.717, 1.165) is 24.2 Å². The van der Waals surface area contributed by atoms with Crippen LogP contribution < -0.4 is 16.0 Å². The molecule has 1 unspecified atom stereocenters. The van der Waals surface area contributed by atoms with E-state index in [-0.39, 0.29) is 30.6 Å². The highest BCUT2D eigenvalue weighted by Gasteiger charge is 2.21. The van der Waals surface area contributed by atoms with Crippen molar-refractivity contribution in [3.8, 4) is 17.1 Å². The molecule has 1 atom stereocenters. The van der Waals surface area contributed by atoms with E-state index in [1.54, 1.807) is 24.3 Å². The van der Waals surface area contributed by atoms with Crippen LogP contribution >= 0.6 is 0 Å². The standard InChI is InChI=1S/C24H24N4O5/c1-2-31-17-11-9-16(10-12-17)22-25-21(33-26-22)15-27-20-8-4-3-7-19(20)23(29)28(24(27)30)14-18-6-5-13-32-18/h3-4,7-12,18H,2,5-6,13-15H2,1H3. The maximum absolute atomic E-state index is 13.3. The molecule has 0 amide bonds. The van der Waals surface area contributed by atoms with Gasteiger partial charge < -0.3 is 14.0 Å². The molecule has 0 radical (unpaired) electrons. The first-order valence-corrected chi connectivity index (χ1v) is 11.0. The number of hydrogen-bond donors (Lipinski definition) is 0. The zero-order valence-corrected chi connectivity index (χ0v) is 18.3. The summed E-state index contributed by atoms with van der Waals surface area (Å²) in [6, 6.07) is 14.4. The minimum Gasteiger partial charge on any atom is -0.494 e. The van der Waals surface area contributed by atoms with Gasteiger partial charge in [-0.15, -0.1) is 0 Å². The van der Waals surface area contributed by atoms with Crippen LogP contribution in [0, 0.1) is 0 Å². The van der Waals surface area contributed by atoms with Gasteiger partial charge in [-0.1, -0.05) is 17.3 Å². The average molecular weight is 448 g/mol. The van der Waals surface area contributed by atoms with Crippen molar-refractivity contribution < 1.29 is 14.0 Å². The molecule has 1 aliphatic heterocycles. The highest BCUT2D eigenvalue weighted by Crippen LogP contribution is 2.20. The molecule has 9 nitrogen and oxygen atoms in total. The molecule has 9 heteroatoms. The molecule has 0 aliphatic carbocycles. The second-order valence-electron chi connectivity index (χ2n) is 7.91. The molecule has 0 bridgehead atoms. The minimum absolute atomic E-state index is 0.0508. The van der Waals surface area contributed by atoms with Crippen molar-refractivity contribution in [3.63, 3.8) is 0 Å². The van der Waals surface area contributed by atoms with Gasteiger partial charge in [-0.3, -0.25) is 13.9 Å². The Kier molecular flexibility index (Phi) is 5.78. The first kappa shape index (κ1) is 21.1. The number of nitrogens with zero attached hydrogens (tertiary/aromatic N) is 4. The molecule has 5 rings (SSSR count). The molecular weight excluding hydrogens is 424 g/mol. The summed E-state index contributed by atoms with van der Waals surface area (Å²) in [5, 5.41) is 4.52. The van der Waals surface area contributed by atoms with Crippen LogP contribution in [0.4, 0.5) is 0 Å². The fourth-order valence-electron chi connectivity index (χ4n) is 4.12. The van der Waals surface area contributed by atoms with Crippen LogP contribution in [0.15, 0.2) is 62.6 Å². The second-order valence-corrected chi connectivity index (χ2v) is 7.91. The van der Waals surface area contributed by atoms with Crippen LogP contribution in [0.5, 0.6) is 5.75 Å². The van der Waals surface area contributed by atoms with Crippen molar-refractivity contribution in [3.05, 3.63) is 75.3 Å². The van der Waals surface area contributed by atoms with E-state index in [2.05, 4.69) is 10.1 Å². The molecule has 1 fully saturated rings. The zero-order valence-electron chi connectivity index (χ0n) is 18.3. The summed E-state index contributed by atoms with van der Waals surface area (Å²) < 4.78 is 19.3. The predicted molar refractivity (Wildman–Crippen MR) is 121 cm³/mol. The maximum Gasteiger partial charge on any atom is 0.332 e. The van der Waals surface area contributed by atoms with E-state index in [4.69, 9.17) is 14.0 Å². The Hall–Kier alpha value is -3.72. The SMILES string of the molecule is CCOc1ccc(-c2noc(Cn3c(=O)n(CC4CCCO4)c(=O)c4ccccc43)n2)cc1. The molecule has 2 aromatic heterocycles. The van der Waals surface area contributed by atoms with Crippen LogP contribution in [0.3, 0.4) is 0 Å². The van der Waals surface area contributed by atoms with Crippen molar-refractivity contribution in [1.29, 1.82) is 0 Å². The van der Waals surface area contributed by atoms with Crippen LogP contribution in [0.25, 0.3) is 22.3 Å². The van der Waals surface area contributed by atoms with Crippen molar-refractivity contribution in [2.24, 2.45) is 0 Å². The zero-order chi connectivity index (χ0) is 22.8. The lowest BCUT2D eigenvalue weighted by Gasteiger charge is -2.15. The molecule has 2 aromatic carbocycles. The molecule has 0 N–H and O–H groups in total. The van der Waals surface area contributed by atoms with Gasteiger partial charge in [-0.2, -0.15) is 4.98 Å². The lowest BCUT2D eigenvalue weighted by molar-refractivity contribution is 0.0948. The normalized spacial score (nSPS) is 15.8. The van der Waals surface area contributed by atoms with Gasteiger partial charge in [0.2, 0.25) is 11.7 Å². The lowest BCUT2D eigenvalue weighted by atomic mass is 10.2. The van der Waals surface area contributed by atoms with Crippen molar-refractivity contribution >= 4 is 10.9 Å². The quantitative estimate of drug-likeness (QED) is 0.428. The summed E-state index contributed by atoms with van der Waals surface area (Å²) in [7, 11) is 0. The average Bonchev–Trinajstić information content (AvgIpc) is 3.53. The molecule has 0 spiro atoms. The van der Waals surface area contributed by atoms with E-state index >= 15 is 0 Å². The van der Waals surface area contributed by atoms with Crippen LogP contribution in [0.2, 0.25) is 0 Å². The highest BCUT2D eigenvalue weighted by molar-refractivity contribution is 5.77. The van der Waals surface area contributed by atoms with E-state index in [9.17, 15) is 9.59 Å². The fraction of sp³-hybridized carbons (Fsp3) is 0.333. The van der Waals surface area contributed by atoms with Gasteiger partial charge in [0.05, 0.1) is 30.2 Å². The Morgan fingerprint density at radius 3 is 2.67 bits per heavy atom. The second kappa shape index (κ2) is 9.03. The number of para-hydroxylation sites is 1. The monoisotopic (exact) mass is 448 g/mol. The molecule has 0 saturated carbocycles. The Morgan fingerprint density at radius 1 is 1.09 bits per heavy atom. The lowest BCUT2D eigenvalue weighted by Crippen LogP contribution is -2.42. The summed E-state index contributed by atoms with van der Waals surface area (Å²) in [6.45, 7) is 3.44. The van der Waals surface area contributed by atoms with Gasteiger partial charge in [0.1, 0.15) is 12.3 Å². The van der Waals surface area contributed by atoms with Gasteiger partial charge in [0.25, 0.3) is 5.56 Å². The third-order valence-electron chi connectivity index (χ3n) is 5.73. The van der Waals surface area contributed by atoms with E-state index in [0.29, 0.717) is 29.9 Å². The van der Waals surface area contributed by atoms with Crippen molar-refractivity contribution in [1.82, 2.24) is 19.3 Å². The minimum atomic E-state index is -0.421. The molecule has 33 heavy (non-hydrogen) atoms. The Balaban J connectivity index is 1.50. The van der Waals surface area contributed by atoms with Crippen molar-refractivity contribution in [2.75, 3.05) is 13.2 Å². The van der Waals surface area contributed by atoms with Gasteiger partial charge in [0, 0.05) is 12.2 Å². The number of aromatic nitrogens is 4. The molecule has 3 heterocycles. The van der Waals surface area contributed by atoms with Gasteiger partial charge in [-0.05, 0) is 56.2 Å². The first-order valence-electron chi connectivity index (χ1n) is 11.0. The molecule has 4 aromatic rings. The summed E-state index contributed by atoms with van der Waals surface area (Å²) >= 11 is 0. The maximum atomic E-state index is 13.3. The topological polar surface area (TPSA) is 101 Å². The number of rotatable bonds is 7. The summed E-state index contributed by atoms with van der Waals surface area (Å²) in [5.41, 5.74) is 0.559. The van der Waals surface area contributed by atoms with Gasteiger partial charge in [-0.25, -0.2) is 4.79 Å². The van der Waals surface area contributed by atoms with E-state index in [1.165, 1.54) is 9.13 Å². The number of benzene rings is 2. The Bertz CT molecular complexity index is 1380. The molecular formula is C24H24N4O5. The van der Waals surface area contributed by atoms with Crippen LogP contribution in [-0.4, -0.2) is 38.6 Å². The number of fused-ring (bicyclic) bond motifs is 1. The largest absolute Gasteiger partial charge is 0.494 e. The molecule has 170 valence electrons. The van der Waals surface area contributed by atoms with E-state index in [1.807, 2.05) is 31.2 Å². The molecule has 1 aliphatic rings.